The maximum absolute atomic E-state index is 6.03. The van der Waals surface area contributed by atoms with Gasteiger partial charge in [-0.25, -0.2) is 0 Å². The monoisotopic (exact) mass is 217 g/mol. The minimum atomic E-state index is 0.335. The maximum atomic E-state index is 6.03. The molecule has 1 aromatic carbocycles. The van der Waals surface area contributed by atoms with Gasteiger partial charge in [-0.2, -0.15) is 5.10 Å². The Bertz CT molecular complexity index is 474. The molecule has 1 aliphatic heterocycles. The van der Waals surface area contributed by atoms with Crippen molar-refractivity contribution in [3.63, 3.8) is 0 Å². The number of hydrogen-bond donors (Lipinski definition) is 2. The van der Waals surface area contributed by atoms with E-state index in [4.69, 9.17) is 4.74 Å². The summed E-state index contributed by atoms with van der Waals surface area (Å²) < 4.78 is 6.03. The van der Waals surface area contributed by atoms with Crippen LogP contribution in [0.1, 0.15) is 12.8 Å². The van der Waals surface area contributed by atoms with Gasteiger partial charge in [0.25, 0.3) is 0 Å². The Kier molecular flexibility index (Phi) is 2.50. The van der Waals surface area contributed by atoms with Crippen molar-refractivity contribution in [3.8, 4) is 5.75 Å². The number of benzene rings is 1. The van der Waals surface area contributed by atoms with Crippen LogP contribution in [0.15, 0.2) is 24.4 Å². The lowest BCUT2D eigenvalue weighted by atomic mass is 10.1. The molecule has 0 unspecified atom stereocenters. The predicted molar refractivity (Wildman–Crippen MR) is 62.6 cm³/mol. The molecule has 1 fully saturated rings. The zero-order valence-electron chi connectivity index (χ0n) is 9.07. The summed E-state index contributed by atoms with van der Waals surface area (Å²) in [6.45, 7) is 2.10. The second-order valence-electron chi connectivity index (χ2n) is 4.15. The van der Waals surface area contributed by atoms with E-state index in [1.807, 2.05) is 24.4 Å². The lowest BCUT2D eigenvalue weighted by Gasteiger charge is -2.24. The molecule has 0 radical (unpaired) electrons. The third kappa shape index (κ3) is 1.76. The van der Waals surface area contributed by atoms with Crippen molar-refractivity contribution < 1.29 is 4.74 Å². The molecule has 16 heavy (non-hydrogen) atoms. The molecule has 4 nitrogen and oxygen atoms in total. The Hall–Kier alpha value is -1.55. The lowest BCUT2D eigenvalue weighted by molar-refractivity contribution is 0.164. The van der Waals surface area contributed by atoms with E-state index in [2.05, 4.69) is 15.5 Å². The van der Waals surface area contributed by atoms with Gasteiger partial charge in [0.2, 0.25) is 0 Å². The minimum Gasteiger partial charge on any atom is -0.490 e. The minimum absolute atomic E-state index is 0.335. The molecule has 2 aromatic rings. The summed E-state index contributed by atoms with van der Waals surface area (Å²) in [4.78, 5) is 0. The molecule has 0 saturated carbocycles. The molecule has 0 spiro atoms. The Labute approximate surface area is 94.0 Å². The summed E-state index contributed by atoms with van der Waals surface area (Å²) in [6.07, 6.45) is 4.32. The highest BCUT2D eigenvalue weighted by molar-refractivity contribution is 5.84. The number of aromatic nitrogens is 2. The first-order valence-electron chi connectivity index (χ1n) is 5.73. The summed E-state index contributed by atoms with van der Waals surface area (Å²) in [5.74, 6) is 0.943. The molecule has 0 amide bonds. The number of ether oxygens (including phenoxy) is 1. The van der Waals surface area contributed by atoms with Gasteiger partial charge in [0.05, 0.1) is 17.1 Å². The van der Waals surface area contributed by atoms with Gasteiger partial charge in [-0.1, -0.05) is 6.07 Å². The number of hydrogen-bond acceptors (Lipinski definition) is 3. The third-order valence-electron chi connectivity index (χ3n) is 3.02. The molecule has 1 aliphatic rings. The molecule has 1 aromatic heterocycles. The number of rotatable bonds is 2. The van der Waals surface area contributed by atoms with Crippen LogP contribution in [0.4, 0.5) is 0 Å². The molecule has 4 heteroatoms. The lowest BCUT2D eigenvalue weighted by Crippen LogP contribution is -2.34. The van der Waals surface area contributed by atoms with E-state index in [0.717, 1.165) is 42.6 Å². The van der Waals surface area contributed by atoms with Gasteiger partial charge in [0.1, 0.15) is 11.9 Å². The SMILES string of the molecule is c1cc(OC2CCNCC2)c2cn[nH]c2c1. The summed E-state index contributed by atoms with van der Waals surface area (Å²) in [6, 6.07) is 6.02. The van der Waals surface area contributed by atoms with Crippen LogP contribution in [0.25, 0.3) is 10.9 Å². The number of nitrogens with zero attached hydrogens (tertiary/aromatic N) is 1. The highest BCUT2D eigenvalue weighted by atomic mass is 16.5. The fourth-order valence-electron chi connectivity index (χ4n) is 2.14. The first-order valence-corrected chi connectivity index (χ1v) is 5.73. The van der Waals surface area contributed by atoms with Crippen molar-refractivity contribution in [3.05, 3.63) is 24.4 Å². The molecule has 0 bridgehead atoms. The first kappa shape index (κ1) is 9.66. The van der Waals surface area contributed by atoms with Crippen LogP contribution in [-0.2, 0) is 0 Å². The molecular formula is C12H15N3O. The molecule has 3 rings (SSSR count). The summed E-state index contributed by atoms with van der Waals surface area (Å²) in [5, 5.41) is 11.4. The first-order chi connectivity index (χ1) is 7.93. The number of piperidine rings is 1. The molecule has 84 valence electrons. The number of aromatic amines is 1. The molecule has 0 atom stereocenters. The normalized spacial score (nSPS) is 17.8. The summed E-state index contributed by atoms with van der Waals surface area (Å²) in [7, 11) is 0. The number of nitrogens with one attached hydrogen (secondary N) is 2. The van der Waals surface area contributed by atoms with E-state index >= 15 is 0 Å². The van der Waals surface area contributed by atoms with E-state index in [0.29, 0.717) is 6.10 Å². The van der Waals surface area contributed by atoms with E-state index in [1.54, 1.807) is 0 Å². The Morgan fingerprint density at radius 3 is 3.00 bits per heavy atom. The van der Waals surface area contributed by atoms with Crippen molar-refractivity contribution in [1.29, 1.82) is 0 Å². The molecule has 2 heterocycles. The van der Waals surface area contributed by atoms with Gasteiger partial charge in [-0.3, -0.25) is 5.10 Å². The van der Waals surface area contributed by atoms with Crippen molar-refractivity contribution in [2.45, 2.75) is 18.9 Å². The van der Waals surface area contributed by atoms with Gasteiger partial charge in [0.15, 0.2) is 0 Å². The molecule has 2 N–H and O–H groups in total. The molecular weight excluding hydrogens is 202 g/mol. The van der Waals surface area contributed by atoms with E-state index in [-0.39, 0.29) is 0 Å². The average Bonchev–Trinajstić information content (AvgIpc) is 2.80. The topological polar surface area (TPSA) is 49.9 Å². The third-order valence-corrected chi connectivity index (χ3v) is 3.02. The quantitative estimate of drug-likeness (QED) is 0.805. The van der Waals surface area contributed by atoms with Crippen molar-refractivity contribution in [2.24, 2.45) is 0 Å². The van der Waals surface area contributed by atoms with Crippen LogP contribution in [0.5, 0.6) is 5.75 Å². The largest absolute Gasteiger partial charge is 0.490 e. The average molecular weight is 217 g/mol. The fraction of sp³-hybridized carbons (Fsp3) is 0.417. The van der Waals surface area contributed by atoms with Crippen LogP contribution in [-0.4, -0.2) is 29.4 Å². The zero-order valence-corrected chi connectivity index (χ0v) is 9.07. The predicted octanol–water partition coefficient (Wildman–Crippen LogP) is 1.69. The fourth-order valence-corrected chi connectivity index (χ4v) is 2.14. The Morgan fingerprint density at radius 2 is 2.12 bits per heavy atom. The van der Waals surface area contributed by atoms with Crippen molar-refractivity contribution >= 4 is 10.9 Å². The second-order valence-corrected chi connectivity index (χ2v) is 4.15. The second kappa shape index (κ2) is 4.14. The highest BCUT2D eigenvalue weighted by Crippen LogP contribution is 2.25. The van der Waals surface area contributed by atoms with Crippen LogP contribution in [0, 0.1) is 0 Å². The van der Waals surface area contributed by atoms with E-state index in [9.17, 15) is 0 Å². The molecule has 0 aliphatic carbocycles. The van der Waals surface area contributed by atoms with Gasteiger partial charge in [-0.15, -0.1) is 0 Å². The zero-order chi connectivity index (χ0) is 10.8. The number of H-pyrrole nitrogens is 1. The van der Waals surface area contributed by atoms with Gasteiger partial charge in [-0.05, 0) is 38.1 Å². The Morgan fingerprint density at radius 1 is 1.25 bits per heavy atom. The van der Waals surface area contributed by atoms with E-state index in [1.165, 1.54) is 0 Å². The number of fused-ring (bicyclic) bond motifs is 1. The smallest absolute Gasteiger partial charge is 0.130 e. The summed E-state index contributed by atoms with van der Waals surface area (Å²) in [5.41, 5.74) is 1.03. The van der Waals surface area contributed by atoms with Crippen molar-refractivity contribution in [2.75, 3.05) is 13.1 Å². The van der Waals surface area contributed by atoms with E-state index < -0.39 is 0 Å². The van der Waals surface area contributed by atoms with Crippen LogP contribution in [0.2, 0.25) is 0 Å². The van der Waals surface area contributed by atoms with Gasteiger partial charge >= 0.3 is 0 Å². The Balaban J connectivity index is 1.85. The summed E-state index contributed by atoms with van der Waals surface area (Å²) >= 11 is 0. The van der Waals surface area contributed by atoms with Crippen LogP contribution < -0.4 is 10.1 Å². The standard InChI is InChI=1S/C12H15N3O/c1-2-11-10(8-14-15-11)12(3-1)16-9-4-6-13-7-5-9/h1-3,8-9,13H,4-7H2,(H,14,15). The van der Waals surface area contributed by atoms with Crippen LogP contribution in [0.3, 0.4) is 0 Å². The highest BCUT2D eigenvalue weighted by Gasteiger charge is 2.15. The van der Waals surface area contributed by atoms with Crippen molar-refractivity contribution in [1.82, 2.24) is 15.5 Å². The van der Waals surface area contributed by atoms with Crippen LogP contribution >= 0.6 is 0 Å². The van der Waals surface area contributed by atoms with Gasteiger partial charge in [0, 0.05) is 0 Å². The maximum Gasteiger partial charge on any atom is 0.130 e. The van der Waals surface area contributed by atoms with Gasteiger partial charge < -0.3 is 10.1 Å². The molecule has 1 saturated heterocycles.